The summed E-state index contributed by atoms with van der Waals surface area (Å²) >= 11 is 0. The summed E-state index contributed by atoms with van der Waals surface area (Å²) < 4.78 is 1.66. The van der Waals surface area contributed by atoms with Crippen molar-refractivity contribution in [3.63, 3.8) is 0 Å². The molecular formula is C21H32N4O. The molecule has 0 aliphatic heterocycles. The molecule has 142 valence electrons. The molecule has 2 aromatic heterocycles. The molecule has 1 aliphatic rings. The first-order chi connectivity index (χ1) is 12.7. The average Bonchev–Trinajstić information content (AvgIpc) is 2.67. The third-order valence-corrected chi connectivity index (χ3v) is 5.47. The van der Waals surface area contributed by atoms with Crippen molar-refractivity contribution >= 4 is 11.5 Å². The fourth-order valence-electron chi connectivity index (χ4n) is 3.89. The number of pyridine rings is 1. The summed E-state index contributed by atoms with van der Waals surface area (Å²) in [7, 11) is 0. The van der Waals surface area contributed by atoms with E-state index in [0.29, 0.717) is 24.3 Å². The Balaban J connectivity index is 1.90. The smallest absolute Gasteiger partial charge is 0.264 e. The van der Waals surface area contributed by atoms with Crippen molar-refractivity contribution in [1.82, 2.24) is 14.7 Å². The van der Waals surface area contributed by atoms with Crippen molar-refractivity contribution < 1.29 is 0 Å². The molecule has 0 spiro atoms. The minimum absolute atomic E-state index is 0.0350. The molecule has 0 bridgehead atoms. The zero-order valence-corrected chi connectivity index (χ0v) is 16.1. The standard InChI is InChI=1S/C21H32N4O/c1-3-10-16(4-2)22-15-18-20(23-17-11-6-5-7-12-17)24-19-13-8-9-14-25(19)21(18)26/h8-9,13-14,16-17,22-23H,3-7,10-12,15H2,1-2H3. The SMILES string of the molecule is CCCC(CC)NCc1c(NC2CCCCC2)nc2ccccn2c1=O. The number of anilines is 1. The van der Waals surface area contributed by atoms with Gasteiger partial charge in [-0.3, -0.25) is 9.20 Å². The average molecular weight is 357 g/mol. The lowest BCUT2D eigenvalue weighted by Crippen LogP contribution is -2.34. The van der Waals surface area contributed by atoms with Crippen LogP contribution >= 0.6 is 0 Å². The van der Waals surface area contributed by atoms with Gasteiger partial charge in [0.05, 0.1) is 5.56 Å². The Morgan fingerprint density at radius 3 is 2.77 bits per heavy atom. The molecule has 5 nitrogen and oxygen atoms in total. The van der Waals surface area contributed by atoms with E-state index < -0.39 is 0 Å². The number of fused-ring (bicyclic) bond motifs is 1. The van der Waals surface area contributed by atoms with Crippen LogP contribution in [0, 0.1) is 0 Å². The van der Waals surface area contributed by atoms with Crippen LogP contribution in [0.4, 0.5) is 5.82 Å². The fraction of sp³-hybridized carbons (Fsp3) is 0.619. The molecule has 0 saturated heterocycles. The monoisotopic (exact) mass is 356 g/mol. The maximum absolute atomic E-state index is 13.1. The Labute approximate surface area is 156 Å². The van der Waals surface area contributed by atoms with Crippen LogP contribution in [0.1, 0.15) is 70.8 Å². The molecule has 1 unspecified atom stereocenters. The van der Waals surface area contributed by atoms with E-state index in [9.17, 15) is 4.79 Å². The van der Waals surface area contributed by atoms with Crippen molar-refractivity contribution in [3.8, 4) is 0 Å². The van der Waals surface area contributed by atoms with Crippen molar-refractivity contribution in [3.05, 3.63) is 40.3 Å². The lowest BCUT2D eigenvalue weighted by atomic mass is 9.95. The van der Waals surface area contributed by atoms with Crippen LogP contribution in [-0.2, 0) is 6.54 Å². The number of rotatable bonds is 8. The van der Waals surface area contributed by atoms with Gasteiger partial charge < -0.3 is 10.6 Å². The van der Waals surface area contributed by atoms with Crippen molar-refractivity contribution in [2.75, 3.05) is 5.32 Å². The highest BCUT2D eigenvalue weighted by molar-refractivity contribution is 5.52. The van der Waals surface area contributed by atoms with E-state index in [1.165, 1.54) is 19.3 Å². The molecular weight excluding hydrogens is 324 g/mol. The van der Waals surface area contributed by atoms with Crippen LogP contribution in [0.5, 0.6) is 0 Å². The van der Waals surface area contributed by atoms with Crippen LogP contribution < -0.4 is 16.2 Å². The largest absolute Gasteiger partial charge is 0.367 e. The Kier molecular flexibility index (Phi) is 6.67. The first-order valence-electron chi connectivity index (χ1n) is 10.2. The molecule has 0 aromatic carbocycles. The summed E-state index contributed by atoms with van der Waals surface area (Å²) in [6.07, 6.45) is 11.3. The highest BCUT2D eigenvalue weighted by Gasteiger charge is 2.19. The van der Waals surface area contributed by atoms with E-state index in [0.717, 1.165) is 43.5 Å². The third kappa shape index (κ3) is 4.44. The molecule has 1 atom stereocenters. The number of nitrogens with zero attached hydrogens (tertiary/aromatic N) is 2. The zero-order valence-electron chi connectivity index (χ0n) is 16.1. The molecule has 0 amide bonds. The second-order valence-electron chi connectivity index (χ2n) is 7.43. The highest BCUT2D eigenvalue weighted by Crippen LogP contribution is 2.22. The Hall–Kier alpha value is -1.88. The molecule has 26 heavy (non-hydrogen) atoms. The maximum atomic E-state index is 13.1. The number of aromatic nitrogens is 2. The highest BCUT2D eigenvalue weighted by atomic mass is 16.1. The van der Waals surface area contributed by atoms with Crippen LogP contribution in [0.2, 0.25) is 0 Å². The summed E-state index contributed by atoms with van der Waals surface area (Å²) in [5.41, 5.74) is 1.50. The lowest BCUT2D eigenvalue weighted by Gasteiger charge is -2.25. The maximum Gasteiger partial charge on any atom is 0.264 e. The number of hydrogen-bond donors (Lipinski definition) is 2. The zero-order chi connectivity index (χ0) is 18.4. The van der Waals surface area contributed by atoms with Gasteiger partial charge in [0.1, 0.15) is 11.5 Å². The van der Waals surface area contributed by atoms with Gasteiger partial charge in [-0.2, -0.15) is 0 Å². The van der Waals surface area contributed by atoms with E-state index in [-0.39, 0.29) is 5.56 Å². The molecule has 0 radical (unpaired) electrons. The number of hydrogen-bond acceptors (Lipinski definition) is 4. The van der Waals surface area contributed by atoms with Crippen LogP contribution in [0.3, 0.4) is 0 Å². The van der Waals surface area contributed by atoms with Gasteiger partial charge in [0.25, 0.3) is 5.56 Å². The topological polar surface area (TPSA) is 58.4 Å². The predicted molar refractivity (Wildman–Crippen MR) is 108 cm³/mol. The molecule has 2 aromatic rings. The molecule has 3 rings (SSSR count). The first kappa shape index (κ1) is 18.9. The van der Waals surface area contributed by atoms with Gasteiger partial charge in [0, 0.05) is 24.8 Å². The van der Waals surface area contributed by atoms with Gasteiger partial charge in [0.2, 0.25) is 0 Å². The fourth-order valence-corrected chi connectivity index (χ4v) is 3.89. The molecule has 5 heteroatoms. The minimum Gasteiger partial charge on any atom is -0.367 e. The molecule has 1 fully saturated rings. The predicted octanol–water partition coefficient (Wildman–Crippen LogP) is 4.11. The summed E-state index contributed by atoms with van der Waals surface area (Å²) in [6, 6.07) is 6.58. The van der Waals surface area contributed by atoms with E-state index >= 15 is 0 Å². The second-order valence-corrected chi connectivity index (χ2v) is 7.43. The van der Waals surface area contributed by atoms with E-state index in [1.807, 2.05) is 24.4 Å². The third-order valence-electron chi connectivity index (χ3n) is 5.47. The van der Waals surface area contributed by atoms with Crippen LogP contribution in [0.25, 0.3) is 5.65 Å². The first-order valence-corrected chi connectivity index (χ1v) is 10.2. The Morgan fingerprint density at radius 2 is 2.04 bits per heavy atom. The van der Waals surface area contributed by atoms with Gasteiger partial charge in [-0.1, -0.05) is 45.6 Å². The molecule has 2 heterocycles. The van der Waals surface area contributed by atoms with Gasteiger partial charge in [-0.05, 0) is 37.8 Å². The van der Waals surface area contributed by atoms with Gasteiger partial charge in [-0.25, -0.2) is 4.98 Å². The number of nitrogens with one attached hydrogen (secondary N) is 2. The summed E-state index contributed by atoms with van der Waals surface area (Å²) in [5.74, 6) is 0.770. The Bertz CT molecular complexity index is 764. The Morgan fingerprint density at radius 1 is 1.23 bits per heavy atom. The van der Waals surface area contributed by atoms with Gasteiger partial charge in [-0.15, -0.1) is 0 Å². The quantitative estimate of drug-likeness (QED) is 0.747. The summed E-state index contributed by atoms with van der Waals surface area (Å²) in [4.78, 5) is 17.9. The van der Waals surface area contributed by atoms with Gasteiger partial charge >= 0.3 is 0 Å². The van der Waals surface area contributed by atoms with Crippen LogP contribution in [-0.4, -0.2) is 21.5 Å². The van der Waals surface area contributed by atoms with Crippen molar-refractivity contribution in [2.24, 2.45) is 0 Å². The second kappa shape index (κ2) is 9.17. The van der Waals surface area contributed by atoms with Crippen molar-refractivity contribution in [2.45, 2.75) is 83.8 Å². The van der Waals surface area contributed by atoms with E-state index in [2.05, 4.69) is 24.5 Å². The molecule has 2 N–H and O–H groups in total. The minimum atomic E-state index is 0.0350. The van der Waals surface area contributed by atoms with Crippen molar-refractivity contribution in [1.29, 1.82) is 0 Å². The van der Waals surface area contributed by atoms with Gasteiger partial charge in [0.15, 0.2) is 0 Å². The van der Waals surface area contributed by atoms with Crippen LogP contribution in [0.15, 0.2) is 29.2 Å². The van der Waals surface area contributed by atoms with E-state index in [1.54, 1.807) is 4.40 Å². The lowest BCUT2D eigenvalue weighted by molar-refractivity contribution is 0.455. The normalized spacial score (nSPS) is 16.7. The molecule has 1 saturated carbocycles. The summed E-state index contributed by atoms with van der Waals surface area (Å²) in [5, 5.41) is 7.17. The van der Waals surface area contributed by atoms with E-state index in [4.69, 9.17) is 4.98 Å². The molecule has 1 aliphatic carbocycles. The summed E-state index contributed by atoms with van der Waals surface area (Å²) in [6.45, 7) is 4.96.